The smallest absolute Gasteiger partial charge is 0.253 e. The van der Waals surface area contributed by atoms with Crippen LogP contribution in [0.2, 0.25) is 0 Å². The van der Waals surface area contributed by atoms with Crippen molar-refractivity contribution in [2.75, 3.05) is 30.0 Å². The van der Waals surface area contributed by atoms with Crippen LogP contribution in [-0.4, -0.2) is 41.5 Å². The largest absolute Gasteiger partial charge is 0.370 e. The first kappa shape index (κ1) is 18.6. The minimum Gasteiger partial charge on any atom is -0.370 e. The molecule has 0 unspecified atom stereocenters. The highest BCUT2D eigenvalue weighted by atomic mass is 16.5. The topological polar surface area (TPSA) is 110 Å². The molecule has 4 rings (SSSR count). The van der Waals surface area contributed by atoms with Crippen LogP contribution >= 0.6 is 0 Å². The molecule has 1 saturated heterocycles. The Labute approximate surface area is 167 Å². The number of aromatic nitrogens is 2. The predicted octanol–water partition coefficient (Wildman–Crippen LogP) is 2.35. The summed E-state index contributed by atoms with van der Waals surface area (Å²) in [7, 11) is 0. The number of nitrogens with one attached hydrogen (secondary N) is 1. The number of anilines is 3. The van der Waals surface area contributed by atoms with Crippen LogP contribution in [0.25, 0.3) is 11.3 Å². The molecule has 0 bridgehead atoms. The van der Waals surface area contributed by atoms with Crippen LogP contribution in [0.15, 0.2) is 60.8 Å². The summed E-state index contributed by atoms with van der Waals surface area (Å²) in [5.41, 5.74) is 8.91. The first-order chi connectivity index (χ1) is 14.1. The molecule has 8 nitrogen and oxygen atoms in total. The SMILES string of the molecule is NC(=O)c1ccc(-c2ccnc(Nc3ccc(N4CCOCC4=O)cc3)n2)cc1. The number of amides is 2. The number of ether oxygens (including phenoxy) is 1. The number of carbonyl (C=O) groups is 2. The lowest BCUT2D eigenvalue weighted by molar-refractivity contribution is -0.125. The van der Waals surface area contributed by atoms with Crippen molar-refractivity contribution in [1.29, 1.82) is 0 Å². The molecule has 2 amide bonds. The molecule has 1 aliphatic heterocycles. The molecule has 0 spiro atoms. The molecule has 0 saturated carbocycles. The van der Waals surface area contributed by atoms with E-state index in [0.717, 1.165) is 16.9 Å². The van der Waals surface area contributed by atoms with Crippen molar-refractivity contribution < 1.29 is 14.3 Å². The minimum atomic E-state index is -0.469. The Kier molecular flexibility index (Phi) is 5.17. The van der Waals surface area contributed by atoms with E-state index in [4.69, 9.17) is 10.5 Å². The number of primary amides is 1. The van der Waals surface area contributed by atoms with Gasteiger partial charge in [0.25, 0.3) is 5.91 Å². The molecule has 3 N–H and O–H groups in total. The second-order valence-corrected chi connectivity index (χ2v) is 6.48. The van der Waals surface area contributed by atoms with E-state index in [-0.39, 0.29) is 12.5 Å². The molecule has 1 aromatic heterocycles. The van der Waals surface area contributed by atoms with E-state index in [1.807, 2.05) is 24.3 Å². The number of carbonyl (C=O) groups excluding carboxylic acids is 2. The van der Waals surface area contributed by atoms with Gasteiger partial charge in [0.1, 0.15) is 6.61 Å². The van der Waals surface area contributed by atoms with Crippen LogP contribution in [0.1, 0.15) is 10.4 Å². The number of nitrogens with zero attached hydrogens (tertiary/aromatic N) is 3. The summed E-state index contributed by atoms with van der Waals surface area (Å²) >= 11 is 0. The fourth-order valence-corrected chi connectivity index (χ4v) is 3.03. The number of nitrogens with two attached hydrogens (primary N) is 1. The summed E-state index contributed by atoms with van der Waals surface area (Å²) in [5.74, 6) is -0.0733. The fraction of sp³-hybridized carbons (Fsp3) is 0.143. The molecule has 8 heteroatoms. The van der Waals surface area contributed by atoms with Gasteiger partial charge in [-0.1, -0.05) is 12.1 Å². The van der Waals surface area contributed by atoms with Gasteiger partial charge >= 0.3 is 0 Å². The Bertz CT molecular complexity index is 1030. The van der Waals surface area contributed by atoms with Gasteiger partial charge in [0, 0.05) is 35.2 Å². The van der Waals surface area contributed by atoms with Crippen LogP contribution in [0.4, 0.5) is 17.3 Å². The van der Waals surface area contributed by atoms with Gasteiger partial charge in [0.2, 0.25) is 11.9 Å². The zero-order chi connectivity index (χ0) is 20.2. The summed E-state index contributed by atoms with van der Waals surface area (Å²) in [5, 5.41) is 3.16. The van der Waals surface area contributed by atoms with Gasteiger partial charge in [-0.25, -0.2) is 9.97 Å². The quantitative estimate of drug-likeness (QED) is 0.693. The summed E-state index contributed by atoms with van der Waals surface area (Å²) in [6.07, 6.45) is 1.66. The Morgan fingerprint density at radius 2 is 1.83 bits per heavy atom. The average molecular weight is 389 g/mol. The van der Waals surface area contributed by atoms with E-state index in [1.54, 1.807) is 41.4 Å². The van der Waals surface area contributed by atoms with E-state index in [1.165, 1.54) is 0 Å². The van der Waals surface area contributed by atoms with Gasteiger partial charge in [0.05, 0.1) is 12.3 Å². The highest BCUT2D eigenvalue weighted by Gasteiger charge is 2.19. The van der Waals surface area contributed by atoms with E-state index in [9.17, 15) is 9.59 Å². The fourth-order valence-electron chi connectivity index (χ4n) is 3.03. The molecular weight excluding hydrogens is 370 g/mol. The molecular formula is C21H19N5O3. The first-order valence-corrected chi connectivity index (χ1v) is 9.09. The lowest BCUT2D eigenvalue weighted by Gasteiger charge is -2.26. The number of hydrogen-bond acceptors (Lipinski definition) is 6. The van der Waals surface area contributed by atoms with Crippen LogP contribution in [-0.2, 0) is 9.53 Å². The standard InChI is InChI=1S/C21H19N5O3/c22-20(28)15-3-1-14(2-4-15)18-9-10-23-21(25-18)24-16-5-7-17(8-6-16)26-11-12-29-13-19(26)27/h1-10H,11-13H2,(H2,22,28)(H,23,24,25). The molecule has 0 atom stereocenters. The maximum atomic E-state index is 11.9. The molecule has 0 aliphatic carbocycles. The Hall–Kier alpha value is -3.78. The van der Waals surface area contributed by atoms with Gasteiger partial charge in [-0.3, -0.25) is 9.59 Å². The first-order valence-electron chi connectivity index (χ1n) is 9.09. The van der Waals surface area contributed by atoms with Crippen molar-refractivity contribution in [1.82, 2.24) is 9.97 Å². The molecule has 0 radical (unpaired) electrons. The Balaban J connectivity index is 1.49. The maximum Gasteiger partial charge on any atom is 0.253 e. The normalized spacial score (nSPS) is 13.9. The van der Waals surface area contributed by atoms with Crippen LogP contribution in [0.5, 0.6) is 0 Å². The molecule has 3 aromatic rings. The van der Waals surface area contributed by atoms with Gasteiger partial charge in [-0.2, -0.15) is 0 Å². The summed E-state index contributed by atoms with van der Waals surface area (Å²) in [6, 6.07) is 16.2. The molecule has 1 fully saturated rings. The molecule has 146 valence electrons. The van der Waals surface area contributed by atoms with Gasteiger partial charge in [-0.05, 0) is 42.5 Å². The zero-order valence-corrected chi connectivity index (χ0v) is 15.5. The van der Waals surface area contributed by atoms with E-state index < -0.39 is 5.91 Å². The van der Waals surface area contributed by atoms with Gasteiger partial charge < -0.3 is 20.7 Å². The second-order valence-electron chi connectivity index (χ2n) is 6.48. The molecule has 29 heavy (non-hydrogen) atoms. The van der Waals surface area contributed by atoms with Crippen LogP contribution < -0.4 is 16.0 Å². The second kappa shape index (κ2) is 8.07. The molecule has 2 aromatic carbocycles. The predicted molar refractivity (Wildman–Crippen MR) is 109 cm³/mol. The Morgan fingerprint density at radius 1 is 1.07 bits per heavy atom. The van der Waals surface area contributed by atoms with Crippen LogP contribution in [0.3, 0.4) is 0 Å². The van der Waals surface area contributed by atoms with Crippen molar-refractivity contribution >= 4 is 29.1 Å². The number of hydrogen-bond donors (Lipinski definition) is 2. The highest BCUT2D eigenvalue weighted by molar-refractivity contribution is 5.95. The minimum absolute atomic E-state index is 0.0460. The monoisotopic (exact) mass is 389 g/mol. The molecule has 1 aliphatic rings. The summed E-state index contributed by atoms with van der Waals surface area (Å²) < 4.78 is 5.16. The molecule has 2 heterocycles. The van der Waals surface area contributed by atoms with E-state index in [0.29, 0.717) is 30.4 Å². The third kappa shape index (κ3) is 4.22. The summed E-state index contributed by atoms with van der Waals surface area (Å²) in [4.78, 5) is 33.6. The van der Waals surface area contributed by atoms with Gasteiger partial charge in [-0.15, -0.1) is 0 Å². The van der Waals surface area contributed by atoms with Crippen LogP contribution in [0, 0.1) is 0 Å². The third-order valence-corrected chi connectivity index (χ3v) is 4.54. The average Bonchev–Trinajstić information content (AvgIpc) is 2.75. The van der Waals surface area contributed by atoms with Crippen molar-refractivity contribution in [3.05, 3.63) is 66.4 Å². The lowest BCUT2D eigenvalue weighted by Crippen LogP contribution is -2.41. The number of morpholine rings is 1. The van der Waals surface area contributed by atoms with E-state index >= 15 is 0 Å². The van der Waals surface area contributed by atoms with Crippen molar-refractivity contribution in [3.8, 4) is 11.3 Å². The third-order valence-electron chi connectivity index (χ3n) is 4.54. The highest BCUT2D eigenvalue weighted by Crippen LogP contribution is 2.23. The van der Waals surface area contributed by atoms with Crippen molar-refractivity contribution in [2.24, 2.45) is 5.73 Å². The van der Waals surface area contributed by atoms with Gasteiger partial charge in [0.15, 0.2) is 0 Å². The Morgan fingerprint density at radius 3 is 2.52 bits per heavy atom. The lowest BCUT2D eigenvalue weighted by atomic mass is 10.1. The van der Waals surface area contributed by atoms with Crippen molar-refractivity contribution in [2.45, 2.75) is 0 Å². The van der Waals surface area contributed by atoms with E-state index in [2.05, 4.69) is 15.3 Å². The maximum absolute atomic E-state index is 11.9. The number of rotatable bonds is 5. The number of benzene rings is 2. The summed E-state index contributed by atoms with van der Waals surface area (Å²) in [6.45, 7) is 1.19. The van der Waals surface area contributed by atoms with Crippen molar-refractivity contribution in [3.63, 3.8) is 0 Å². The zero-order valence-electron chi connectivity index (χ0n) is 15.5.